The third-order valence-electron chi connectivity index (χ3n) is 3.07. The molecule has 0 aromatic carbocycles. The largest absolute Gasteiger partial charge is 0.481 e. The van der Waals surface area contributed by atoms with Gasteiger partial charge in [0, 0.05) is 20.2 Å². The number of ether oxygens (including phenoxy) is 2. The summed E-state index contributed by atoms with van der Waals surface area (Å²) in [7, 11) is 1.43. The van der Waals surface area contributed by atoms with Crippen molar-refractivity contribution in [3.63, 3.8) is 0 Å². The first kappa shape index (κ1) is 16.7. The predicted octanol–water partition coefficient (Wildman–Crippen LogP) is 0.685. The van der Waals surface area contributed by atoms with E-state index in [1.165, 1.54) is 7.11 Å². The molecule has 0 aliphatic carbocycles. The van der Waals surface area contributed by atoms with Crippen LogP contribution in [0.5, 0.6) is 0 Å². The zero-order valence-corrected chi connectivity index (χ0v) is 12.5. The number of nitrogens with zero attached hydrogens (tertiary/aromatic N) is 1. The predicted molar refractivity (Wildman–Crippen MR) is 72.6 cm³/mol. The van der Waals surface area contributed by atoms with Crippen LogP contribution < -0.4 is 5.32 Å². The summed E-state index contributed by atoms with van der Waals surface area (Å²) in [6.45, 7) is 6.99. The van der Waals surface area contributed by atoms with Crippen LogP contribution >= 0.6 is 0 Å². The summed E-state index contributed by atoms with van der Waals surface area (Å²) in [4.78, 5) is 24.4. The van der Waals surface area contributed by atoms with Gasteiger partial charge in [-0.15, -0.1) is 0 Å². The molecule has 0 radical (unpaired) electrons. The van der Waals surface area contributed by atoms with Crippen LogP contribution in [0, 0.1) is 0 Å². The summed E-state index contributed by atoms with van der Waals surface area (Å²) in [5.41, 5.74) is -0.378. The van der Waals surface area contributed by atoms with E-state index in [4.69, 9.17) is 14.6 Å². The minimum Gasteiger partial charge on any atom is -0.481 e. The Morgan fingerprint density at radius 1 is 1.55 bits per heavy atom. The first-order valence-corrected chi connectivity index (χ1v) is 6.68. The Morgan fingerprint density at radius 2 is 2.20 bits per heavy atom. The smallest absolute Gasteiger partial charge is 0.317 e. The number of aliphatic carboxylic acids is 1. The molecule has 0 spiro atoms. The number of carbonyl (C=O) groups excluding carboxylic acids is 1. The number of methoxy groups -OCH3 is 1. The van der Waals surface area contributed by atoms with Crippen molar-refractivity contribution in [1.82, 2.24) is 10.2 Å². The van der Waals surface area contributed by atoms with E-state index in [-0.39, 0.29) is 30.7 Å². The SMILES string of the molecule is COC(CNC(=O)N1CC(C)OC(C)(C)C1)CC(=O)O. The molecule has 1 saturated heterocycles. The molecule has 116 valence electrons. The number of rotatable bonds is 5. The summed E-state index contributed by atoms with van der Waals surface area (Å²) < 4.78 is 10.8. The van der Waals surface area contributed by atoms with Gasteiger partial charge in [0.25, 0.3) is 0 Å². The number of hydrogen-bond donors (Lipinski definition) is 2. The Morgan fingerprint density at radius 3 is 2.70 bits per heavy atom. The van der Waals surface area contributed by atoms with Gasteiger partial charge in [-0.2, -0.15) is 0 Å². The summed E-state index contributed by atoms with van der Waals surface area (Å²) in [5, 5.41) is 11.4. The number of hydrogen-bond acceptors (Lipinski definition) is 4. The molecule has 1 fully saturated rings. The van der Waals surface area contributed by atoms with Crippen molar-refractivity contribution >= 4 is 12.0 Å². The number of nitrogens with one attached hydrogen (secondary N) is 1. The molecule has 20 heavy (non-hydrogen) atoms. The minimum atomic E-state index is -0.952. The molecule has 2 amide bonds. The van der Waals surface area contributed by atoms with E-state index in [1.54, 1.807) is 4.90 Å². The number of carboxylic acid groups (broad SMARTS) is 1. The number of amides is 2. The van der Waals surface area contributed by atoms with Crippen LogP contribution in [0.4, 0.5) is 4.79 Å². The fourth-order valence-corrected chi connectivity index (χ4v) is 2.35. The molecule has 0 aromatic rings. The first-order valence-electron chi connectivity index (χ1n) is 6.68. The Kier molecular flexibility index (Phi) is 5.76. The van der Waals surface area contributed by atoms with Gasteiger partial charge in [-0.1, -0.05) is 0 Å². The fourth-order valence-electron chi connectivity index (χ4n) is 2.35. The number of carbonyl (C=O) groups is 2. The van der Waals surface area contributed by atoms with Gasteiger partial charge < -0.3 is 24.8 Å². The van der Waals surface area contributed by atoms with Gasteiger partial charge in [0.15, 0.2) is 0 Å². The highest BCUT2D eigenvalue weighted by Crippen LogP contribution is 2.20. The quantitative estimate of drug-likeness (QED) is 0.777. The standard InChI is InChI=1S/C13H24N2O5/c1-9-7-15(8-13(2,3)20-9)12(18)14-6-10(19-4)5-11(16)17/h9-10H,5-8H2,1-4H3,(H,14,18)(H,16,17). The highest BCUT2D eigenvalue weighted by Gasteiger charge is 2.33. The van der Waals surface area contributed by atoms with Crippen LogP contribution in [0.25, 0.3) is 0 Å². The first-order chi connectivity index (χ1) is 9.23. The number of morpholine rings is 1. The topological polar surface area (TPSA) is 88.1 Å². The third kappa shape index (κ3) is 5.34. The Bertz CT molecular complexity index is 359. The van der Waals surface area contributed by atoms with Crippen LogP contribution in [-0.2, 0) is 14.3 Å². The molecule has 2 atom stereocenters. The normalized spacial score (nSPS) is 23.2. The molecule has 0 saturated carbocycles. The van der Waals surface area contributed by atoms with Crippen molar-refractivity contribution in [2.24, 2.45) is 0 Å². The number of carboxylic acids is 1. The van der Waals surface area contributed by atoms with E-state index < -0.39 is 12.1 Å². The molecular weight excluding hydrogens is 264 g/mol. The van der Waals surface area contributed by atoms with E-state index in [9.17, 15) is 9.59 Å². The second-order valence-corrected chi connectivity index (χ2v) is 5.71. The van der Waals surface area contributed by atoms with Gasteiger partial charge in [0.2, 0.25) is 0 Å². The Balaban J connectivity index is 2.47. The highest BCUT2D eigenvalue weighted by molar-refractivity contribution is 5.74. The zero-order valence-electron chi connectivity index (χ0n) is 12.5. The van der Waals surface area contributed by atoms with Crippen molar-refractivity contribution in [1.29, 1.82) is 0 Å². The molecule has 2 unspecified atom stereocenters. The van der Waals surface area contributed by atoms with Gasteiger partial charge in [-0.3, -0.25) is 4.79 Å². The molecule has 7 nitrogen and oxygen atoms in total. The van der Waals surface area contributed by atoms with E-state index in [0.717, 1.165) is 0 Å². The fraction of sp³-hybridized carbons (Fsp3) is 0.846. The van der Waals surface area contributed by atoms with Crippen LogP contribution in [0.15, 0.2) is 0 Å². The van der Waals surface area contributed by atoms with Gasteiger partial charge in [-0.05, 0) is 20.8 Å². The molecule has 0 bridgehead atoms. The lowest BCUT2D eigenvalue weighted by molar-refractivity contribution is -0.139. The molecule has 7 heteroatoms. The van der Waals surface area contributed by atoms with Crippen LogP contribution in [0.2, 0.25) is 0 Å². The molecule has 2 N–H and O–H groups in total. The molecule has 1 aliphatic heterocycles. The lowest BCUT2D eigenvalue weighted by atomic mass is 10.1. The molecule has 1 aliphatic rings. The monoisotopic (exact) mass is 288 g/mol. The van der Waals surface area contributed by atoms with Crippen LogP contribution in [-0.4, -0.2) is 66.6 Å². The maximum absolute atomic E-state index is 12.1. The second-order valence-electron chi connectivity index (χ2n) is 5.71. The molecule has 0 aromatic heterocycles. The maximum Gasteiger partial charge on any atom is 0.317 e. The van der Waals surface area contributed by atoms with Gasteiger partial charge in [-0.25, -0.2) is 4.79 Å². The molecule has 1 rings (SSSR count). The van der Waals surface area contributed by atoms with E-state index in [1.807, 2.05) is 20.8 Å². The maximum atomic E-state index is 12.1. The van der Waals surface area contributed by atoms with Gasteiger partial charge >= 0.3 is 12.0 Å². The highest BCUT2D eigenvalue weighted by atomic mass is 16.5. The van der Waals surface area contributed by atoms with Crippen molar-refractivity contribution in [2.45, 2.75) is 45.0 Å². The summed E-state index contributed by atoms with van der Waals surface area (Å²) in [6.07, 6.45) is -0.688. The van der Waals surface area contributed by atoms with Crippen LogP contribution in [0.3, 0.4) is 0 Å². The lowest BCUT2D eigenvalue weighted by Gasteiger charge is -2.41. The van der Waals surface area contributed by atoms with Crippen molar-refractivity contribution in [3.8, 4) is 0 Å². The number of urea groups is 1. The molecule has 1 heterocycles. The van der Waals surface area contributed by atoms with E-state index in [2.05, 4.69) is 5.32 Å². The van der Waals surface area contributed by atoms with Crippen molar-refractivity contribution < 1.29 is 24.2 Å². The van der Waals surface area contributed by atoms with E-state index in [0.29, 0.717) is 13.1 Å². The zero-order chi connectivity index (χ0) is 15.3. The van der Waals surface area contributed by atoms with Crippen molar-refractivity contribution in [2.75, 3.05) is 26.7 Å². The molecular formula is C13H24N2O5. The summed E-state index contributed by atoms with van der Waals surface area (Å²) in [6, 6.07) is -0.222. The van der Waals surface area contributed by atoms with Gasteiger partial charge in [0.05, 0.1) is 30.8 Å². The third-order valence-corrected chi connectivity index (χ3v) is 3.07. The van der Waals surface area contributed by atoms with Crippen molar-refractivity contribution in [3.05, 3.63) is 0 Å². The summed E-state index contributed by atoms with van der Waals surface area (Å²) >= 11 is 0. The Labute approximate surface area is 119 Å². The van der Waals surface area contributed by atoms with Gasteiger partial charge in [0.1, 0.15) is 0 Å². The van der Waals surface area contributed by atoms with Crippen LogP contribution in [0.1, 0.15) is 27.2 Å². The average molecular weight is 288 g/mol. The second kappa shape index (κ2) is 6.90. The Hall–Kier alpha value is -1.34. The lowest BCUT2D eigenvalue weighted by Crippen LogP contribution is -2.56. The van der Waals surface area contributed by atoms with E-state index >= 15 is 0 Å². The summed E-state index contributed by atoms with van der Waals surface area (Å²) in [5.74, 6) is -0.952. The average Bonchev–Trinajstić information content (AvgIpc) is 2.30. The minimum absolute atomic E-state index is 0.0262.